The van der Waals surface area contributed by atoms with Crippen molar-refractivity contribution in [3.05, 3.63) is 21.4 Å². The van der Waals surface area contributed by atoms with Crippen LogP contribution in [0.1, 0.15) is 97.7 Å². The molecule has 0 unspecified atom stereocenters. The lowest BCUT2D eigenvalue weighted by atomic mass is 10.0. The van der Waals surface area contributed by atoms with Crippen molar-refractivity contribution in [1.82, 2.24) is 0 Å². The van der Waals surface area contributed by atoms with Gasteiger partial charge in [0, 0.05) is 4.88 Å². The second-order valence-electron chi connectivity index (χ2n) is 6.49. The van der Waals surface area contributed by atoms with Gasteiger partial charge in [-0.05, 0) is 31.4 Å². The molecule has 0 N–H and O–H groups in total. The van der Waals surface area contributed by atoms with E-state index in [1.54, 1.807) is 11.3 Å². The molecule has 1 aromatic rings. The summed E-state index contributed by atoms with van der Waals surface area (Å²) in [6.07, 6.45) is 16.2. The Labute approximate surface area is 146 Å². The summed E-state index contributed by atoms with van der Waals surface area (Å²) < 4.78 is 4.79. The number of carbonyl (C=O) groups is 1. The Hall–Kier alpha value is -0.830. The molecule has 0 spiro atoms. The maximum Gasteiger partial charge on any atom is 0.348 e. The van der Waals surface area contributed by atoms with Gasteiger partial charge < -0.3 is 4.74 Å². The van der Waals surface area contributed by atoms with E-state index in [4.69, 9.17) is 4.74 Å². The monoisotopic (exact) mass is 338 g/mol. The number of esters is 1. The lowest BCUT2D eigenvalue weighted by molar-refractivity contribution is 0.0606. The van der Waals surface area contributed by atoms with Gasteiger partial charge in [0.25, 0.3) is 0 Å². The largest absolute Gasteiger partial charge is 0.465 e. The molecule has 1 heterocycles. The quantitative estimate of drug-likeness (QED) is 0.295. The maximum atomic E-state index is 11.5. The lowest BCUT2D eigenvalue weighted by Gasteiger charge is -2.03. The van der Waals surface area contributed by atoms with Crippen molar-refractivity contribution < 1.29 is 9.53 Å². The zero-order chi connectivity index (χ0) is 16.9. The van der Waals surface area contributed by atoms with E-state index in [1.165, 1.54) is 88.2 Å². The van der Waals surface area contributed by atoms with Crippen LogP contribution in [-0.4, -0.2) is 13.1 Å². The second kappa shape index (κ2) is 12.6. The summed E-state index contributed by atoms with van der Waals surface area (Å²) in [6, 6.07) is 1.96. The molecule has 0 aromatic carbocycles. The first-order valence-corrected chi connectivity index (χ1v) is 10.2. The molecule has 132 valence electrons. The highest BCUT2D eigenvalue weighted by Crippen LogP contribution is 2.24. The molecule has 1 rings (SSSR count). The van der Waals surface area contributed by atoms with Crippen LogP contribution in [0.4, 0.5) is 0 Å². The molecule has 0 bridgehead atoms. The molecule has 3 heteroatoms. The molecule has 0 aliphatic rings. The van der Waals surface area contributed by atoms with Crippen LogP contribution < -0.4 is 0 Å². The third kappa shape index (κ3) is 8.55. The van der Waals surface area contributed by atoms with Crippen molar-refractivity contribution in [2.45, 2.75) is 90.9 Å². The van der Waals surface area contributed by atoms with Crippen LogP contribution in [0.3, 0.4) is 0 Å². The molecular formula is C20H34O2S. The van der Waals surface area contributed by atoms with E-state index in [0.717, 1.165) is 11.3 Å². The topological polar surface area (TPSA) is 26.3 Å². The second-order valence-corrected chi connectivity index (χ2v) is 7.63. The van der Waals surface area contributed by atoms with Gasteiger partial charge in [-0.2, -0.15) is 0 Å². The minimum absolute atomic E-state index is 0.205. The van der Waals surface area contributed by atoms with Crippen molar-refractivity contribution in [3.63, 3.8) is 0 Å². The number of rotatable bonds is 13. The van der Waals surface area contributed by atoms with E-state index in [9.17, 15) is 4.79 Å². The van der Waals surface area contributed by atoms with Gasteiger partial charge in [0.15, 0.2) is 0 Å². The Morgan fingerprint density at radius 1 is 0.957 bits per heavy atom. The van der Waals surface area contributed by atoms with E-state index in [2.05, 4.69) is 13.8 Å². The van der Waals surface area contributed by atoms with Crippen LogP contribution in [0.5, 0.6) is 0 Å². The van der Waals surface area contributed by atoms with Gasteiger partial charge in [0.2, 0.25) is 0 Å². The van der Waals surface area contributed by atoms with E-state index >= 15 is 0 Å². The Morgan fingerprint density at radius 2 is 1.48 bits per heavy atom. The van der Waals surface area contributed by atoms with Crippen LogP contribution in [-0.2, 0) is 11.2 Å². The zero-order valence-electron chi connectivity index (χ0n) is 15.3. The number of ether oxygens (including phenoxy) is 1. The predicted octanol–water partition coefficient (Wildman–Crippen LogP) is 6.70. The normalized spacial score (nSPS) is 10.9. The highest BCUT2D eigenvalue weighted by atomic mass is 32.1. The fraction of sp³-hybridized carbons (Fsp3) is 0.750. The highest BCUT2D eigenvalue weighted by molar-refractivity contribution is 7.14. The SMILES string of the molecule is CCCCCCCCCCCCCc1sc(C(=O)OC)cc1C. The molecule has 0 saturated heterocycles. The van der Waals surface area contributed by atoms with Crippen molar-refractivity contribution in [2.75, 3.05) is 7.11 Å². The number of unbranched alkanes of at least 4 members (excludes halogenated alkanes) is 10. The van der Waals surface area contributed by atoms with Crippen molar-refractivity contribution in [2.24, 2.45) is 0 Å². The summed E-state index contributed by atoms with van der Waals surface area (Å²) in [6.45, 7) is 4.37. The Morgan fingerprint density at radius 3 is 2.00 bits per heavy atom. The summed E-state index contributed by atoms with van der Waals surface area (Å²) in [4.78, 5) is 13.6. The average molecular weight is 339 g/mol. The van der Waals surface area contributed by atoms with E-state index in [1.807, 2.05) is 6.07 Å². The van der Waals surface area contributed by atoms with Crippen LogP contribution in [0.2, 0.25) is 0 Å². The summed E-state index contributed by atoms with van der Waals surface area (Å²) in [5, 5.41) is 0. The molecule has 0 fully saturated rings. The summed E-state index contributed by atoms with van der Waals surface area (Å²) >= 11 is 1.60. The number of aryl methyl sites for hydroxylation is 2. The Bertz CT molecular complexity index is 437. The van der Waals surface area contributed by atoms with Gasteiger partial charge in [-0.25, -0.2) is 4.79 Å². The highest BCUT2D eigenvalue weighted by Gasteiger charge is 2.12. The maximum absolute atomic E-state index is 11.5. The lowest BCUT2D eigenvalue weighted by Crippen LogP contribution is -1.96. The molecule has 0 radical (unpaired) electrons. The van der Waals surface area contributed by atoms with Gasteiger partial charge >= 0.3 is 5.97 Å². The van der Waals surface area contributed by atoms with Crippen LogP contribution in [0.15, 0.2) is 6.07 Å². The number of hydrogen-bond acceptors (Lipinski definition) is 3. The first kappa shape index (κ1) is 20.2. The standard InChI is InChI=1S/C20H34O2S/c1-4-5-6-7-8-9-10-11-12-13-14-15-18-17(2)16-19(23-18)20(21)22-3/h16H,4-15H2,1-3H3. The first-order valence-electron chi connectivity index (χ1n) is 9.36. The van der Waals surface area contributed by atoms with Gasteiger partial charge in [0.05, 0.1) is 7.11 Å². The molecule has 2 nitrogen and oxygen atoms in total. The fourth-order valence-corrected chi connectivity index (χ4v) is 4.05. The molecule has 0 aliphatic carbocycles. The van der Waals surface area contributed by atoms with Crippen molar-refractivity contribution in [3.8, 4) is 0 Å². The minimum Gasteiger partial charge on any atom is -0.465 e. The first-order chi connectivity index (χ1) is 11.2. The van der Waals surface area contributed by atoms with Gasteiger partial charge in [-0.15, -0.1) is 11.3 Å². The Balaban J connectivity index is 2.03. The van der Waals surface area contributed by atoms with Gasteiger partial charge in [0.1, 0.15) is 4.88 Å². The average Bonchev–Trinajstić information content (AvgIpc) is 2.93. The summed E-state index contributed by atoms with van der Waals surface area (Å²) in [5.74, 6) is -0.205. The number of hydrogen-bond donors (Lipinski definition) is 0. The van der Waals surface area contributed by atoms with Crippen LogP contribution >= 0.6 is 11.3 Å². The summed E-state index contributed by atoms with van der Waals surface area (Å²) in [7, 11) is 1.45. The zero-order valence-corrected chi connectivity index (χ0v) is 16.1. The fourth-order valence-electron chi connectivity index (χ4n) is 2.92. The molecule has 0 saturated carbocycles. The minimum atomic E-state index is -0.205. The van der Waals surface area contributed by atoms with Crippen LogP contribution in [0, 0.1) is 6.92 Å². The third-order valence-electron chi connectivity index (χ3n) is 4.41. The summed E-state index contributed by atoms with van der Waals surface area (Å²) in [5.41, 5.74) is 1.24. The number of methoxy groups -OCH3 is 1. The van der Waals surface area contributed by atoms with Gasteiger partial charge in [-0.1, -0.05) is 71.1 Å². The van der Waals surface area contributed by atoms with Crippen LogP contribution in [0.25, 0.3) is 0 Å². The van der Waals surface area contributed by atoms with E-state index in [-0.39, 0.29) is 5.97 Å². The molecule has 23 heavy (non-hydrogen) atoms. The smallest absolute Gasteiger partial charge is 0.348 e. The molecule has 0 atom stereocenters. The molecular weight excluding hydrogens is 304 g/mol. The molecule has 0 aliphatic heterocycles. The van der Waals surface area contributed by atoms with Crippen molar-refractivity contribution in [1.29, 1.82) is 0 Å². The predicted molar refractivity (Wildman–Crippen MR) is 101 cm³/mol. The van der Waals surface area contributed by atoms with E-state index in [0.29, 0.717) is 0 Å². The third-order valence-corrected chi connectivity index (χ3v) is 5.69. The molecule has 1 aromatic heterocycles. The Kier molecular flexibility index (Phi) is 11.1. The number of thiophene rings is 1. The van der Waals surface area contributed by atoms with Gasteiger partial charge in [-0.3, -0.25) is 0 Å². The molecule has 0 amide bonds. The van der Waals surface area contributed by atoms with Crippen molar-refractivity contribution >= 4 is 17.3 Å². The number of carbonyl (C=O) groups excluding carboxylic acids is 1. The van der Waals surface area contributed by atoms with E-state index < -0.39 is 0 Å².